The van der Waals surface area contributed by atoms with Crippen molar-refractivity contribution in [3.8, 4) is 17.1 Å². The number of nitro groups is 1. The lowest BCUT2D eigenvalue weighted by Gasteiger charge is -2.28. The number of methoxy groups -OCH3 is 1. The van der Waals surface area contributed by atoms with Crippen molar-refractivity contribution in [2.24, 2.45) is 0 Å². The predicted molar refractivity (Wildman–Crippen MR) is 144 cm³/mol. The van der Waals surface area contributed by atoms with E-state index in [1.54, 1.807) is 41.9 Å². The van der Waals surface area contributed by atoms with E-state index in [1.165, 1.54) is 19.2 Å². The van der Waals surface area contributed by atoms with E-state index in [9.17, 15) is 14.9 Å². The number of benzene rings is 3. The number of hydrogen-bond acceptors (Lipinski definition) is 7. The van der Waals surface area contributed by atoms with Crippen LogP contribution in [0, 0.1) is 24.0 Å². The third kappa shape index (κ3) is 4.47. The zero-order valence-corrected chi connectivity index (χ0v) is 21.4. The summed E-state index contributed by atoms with van der Waals surface area (Å²) in [6.07, 6.45) is 0. The van der Waals surface area contributed by atoms with Gasteiger partial charge in [0, 0.05) is 23.4 Å². The van der Waals surface area contributed by atoms with E-state index in [-0.39, 0.29) is 5.69 Å². The van der Waals surface area contributed by atoms with E-state index in [1.807, 2.05) is 38.1 Å². The molecule has 1 unspecified atom stereocenters. The summed E-state index contributed by atoms with van der Waals surface area (Å²) in [5.74, 6) is 1.02. The minimum Gasteiger partial charge on any atom is -0.495 e. The van der Waals surface area contributed by atoms with Crippen LogP contribution in [-0.4, -0.2) is 32.7 Å². The third-order valence-electron chi connectivity index (χ3n) is 6.61. The van der Waals surface area contributed by atoms with Crippen LogP contribution in [0.3, 0.4) is 0 Å². The van der Waals surface area contributed by atoms with Gasteiger partial charge >= 0.3 is 0 Å². The van der Waals surface area contributed by atoms with Gasteiger partial charge in [-0.2, -0.15) is 4.98 Å². The van der Waals surface area contributed by atoms with Gasteiger partial charge in [-0.15, -0.1) is 5.10 Å². The number of allylic oxidation sites excluding steroid dienone is 1. The van der Waals surface area contributed by atoms with E-state index in [2.05, 4.69) is 10.6 Å². The highest BCUT2D eigenvalue weighted by Gasteiger charge is 2.35. The number of non-ortho nitro benzene ring substituents is 1. The molecule has 0 fully saturated rings. The predicted octanol–water partition coefficient (Wildman–Crippen LogP) is 5.41. The molecule has 4 aromatic rings. The van der Waals surface area contributed by atoms with Crippen molar-refractivity contribution in [3.63, 3.8) is 0 Å². The first-order valence-corrected chi connectivity index (χ1v) is 12.0. The second-order valence-electron chi connectivity index (χ2n) is 9.08. The van der Waals surface area contributed by atoms with Gasteiger partial charge in [0.2, 0.25) is 5.95 Å². The average molecular weight is 511 g/mol. The van der Waals surface area contributed by atoms with E-state index in [0.717, 1.165) is 16.7 Å². The third-order valence-corrected chi connectivity index (χ3v) is 6.61. The molecule has 3 aromatic carbocycles. The SMILES string of the molecule is COc1ccccc1NC(=O)C1=C(C)Nc2nc(-c3ccc(C)c(C)c3)nn2C1c1cccc([N+](=O)[O-])c1. The molecule has 38 heavy (non-hydrogen) atoms. The van der Waals surface area contributed by atoms with Crippen LogP contribution in [0.15, 0.2) is 78.0 Å². The first-order valence-electron chi connectivity index (χ1n) is 12.0. The summed E-state index contributed by atoms with van der Waals surface area (Å²) < 4.78 is 7.00. The number of anilines is 2. The standard InChI is InChI=1S/C28H26N6O4/c1-16-12-13-20(14-17(16)2)26-31-28-29-18(3)24(27(35)30-22-10-5-6-11-23(22)38-4)25(33(28)32-26)19-8-7-9-21(15-19)34(36)37/h5-15,25H,1-4H3,(H,30,35)(H,29,31,32). The summed E-state index contributed by atoms with van der Waals surface area (Å²) >= 11 is 0. The minimum atomic E-state index is -0.770. The number of aryl methyl sites for hydroxylation is 2. The molecule has 10 nitrogen and oxygen atoms in total. The van der Waals surface area contributed by atoms with Gasteiger partial charge in [0.25, 0.3) is 11.6 Å². The number of nitro benzene ring substituents is 1. The number of amides is 1. The lowest BCUT2D eigenvalue weighted by Crippen LogP contribution is -2.31. The molecule has 5 rings (SSSR count). The summed E-state index contributed by atoms with van der Waals surface area (Å²) in [6.45, 7) is 5.82. The molecule has 1 aliphatic heterocycles. The van der Waals surface area contributed by atoms with Gasteiger partial charge in [-0.3, -0.25) is 14.9 Å². The van der Waals surface area contributed by atoms with Crippen molar-refractivity contribution in [2.75, 3.05) is 17.7 Å². The number of nitrogens with one attached hydrogen (secondary N) is 2. The maximum Gasteiger partial charge on any atom is 0.269 e. The number of ether oxygens (including phenoxy) is 1. The van der Waals surface area contributed by atoms with Crippen molar-refractivity contribution in [1.29, 1.82) is 0 Å². The molecule has 2 heterocycles. The molecule has 1 atom stereocenters. The van der Waals surface area contributed by atoms with E-state index < -0.39 is 16.9 Å². The number of fused-ring (bicyclic) bond motifs is 1. The minimum absolute atomic E-state index is 0.0841. The average Bonchev–Trinajstić information content (AvgIpc) is 3.33. The highest BCUT2D eigenvalue weighted by atomic mass is 16.6. The van der Waals surface area contributed by atoms with Gasteiger partial charge in [0.1, 0.15) is 11.8 Å². The zero-order chi connectivity index (χ0) is 27.0. The van der Waals surface area contributed by atoms with Crippen LogP contribution < -0.4 is 15.4 Å². The molecular formula is C28H26N6O4. The fourth-order valence-electron chi connectivity index (χ4n) is 4.50. The van der Waals surface area contributed by atoms with Gasteiger partial charge < -0.3 is 15.4 Å². The Labute approximate surface area is 219 Å². The molecule has 0 spiro atoms. The van der Waals surface area contributed by atoms with Crippen LogP contribution in [-0.2, 0) is 4.79 Å². The summed E-state index contributed by atoms with van der Waals surface area (Å²) in [7, 11) is 1.53. The molecule has 0 bridgehead atoms. The van der Waals surface area contributed by atoms with Crippen molar-refractivity contribution in [3.05, 3.63) is 105 Å². The number of nitrogens with zero attached hydrogens (tertiary/aromatic N) is 4. The number of aromatic nitrogens is 3. The molecule has 192 valence electrons. The van der Waals surface area contributed by atoms with Crippen LogP contribution in [0.4, 0.5) is 17.3 Å². The lowest BCUT2D eigenvalue weighted by molar-refractivity contribution is -0.384. The van der Waals surface area contributed by atoms with Gasteiger partial charge in [-0.25, -0.2) is 4.68 Å². The van der Waals surface area contributed by atoms with Gasteiger partial charge in [0.15, 0.2) is 5.82 Å². The highest BCUT2D eigenvalue weighted by Crippen LogP contribution is 2.38. The Hall–Kier alpha value is -4.99. The normalized spacial score (nSPS) is 14.5. The Morgan fingerprint density at radius 1 is 1.05 bits per heavy atom. The van der Waals surface area contributed by atoms with Gasteiger partial charge in [-0.1, -0.05) is 36.4 Å². The van der Waals surface area contributed by atoms with Crippen LogP contribution in [0.25, 0.3) is 11.4 Å². The maximum atomic E-state index is 13.8. The first-order chi connectivity index (χ1) is 18.3. The lowest BCUT2D eigenvalue weighted by atomic mass is 9.94. The number of carbonyl (C=O) groups is 1. The van der Waals surface area contributed by atoms with Crippen LogP contribution in [0.5, 0.6) is 5.75 Å². The fourth-order valence-corrected chi connectivity index (χ4v) is 4.50. The highest BCUT2D eigenvalue weighted by molar-refractivity contribution is 6.06. The van der Waals surface area contributed by atoms with Crippen LogP contribution in [0.2, 0.25) is 0 Å². The smallest absolute Gasteiger partial charge is 0.269 e. The van der Waals surface area contributed by atoms with E-state index in [0.29, 0.717) is 40.0 Å². The first kappa shape index (κ1) is 24.7. The molecular weight excluding hydrogens is 484 g/mol. The summed E-state index contributed by atoms with van der Waals surface area (Å²) in [5.41, 5.74) is 4.93. The summed E-state index contributed by atoms with van der Waals surface area (Å²) in [5, 5.41) is 22.5. The van der Waals surface area contributed by atoms with Crippen molar-refractivity contribution < 1.29 is 14.5 Å². The zero-order valence-electron chi connectivity index (χ0n) is 21.4. The Morgan fingerprint density at radius 3 is 2.58 bits per heavy atom. The Morgan fingerprint density at radius 2 is 1.84 bits per heavy atom. The Bertz CT molecular complexity index is 1610. The monoisotopic (exact) mass is 510 g/mol. The molecule has 1 amide bonds. The topological polar surface area (TPSA) is 124 Å². The molecule has 0 saturated heterocycles. The van der Waals surface area contributed by atoms with E-state index in [4.69, 9.17) is 14.8 Å². The van der Waals surface area contributed by atoms with Gasteiger partial charge in [-0.05, 0) is 55.7 Å². The summed E-state index contributed by atoms with van der Waals surface area (Å²) in [6, 6.07) is 18.5. The van der Waals surface area contributed by atoms with Crippen LogP contribution >= 0.6 is 0 Å². The number of para-hydroxylation sites is 2. The molecule has 0 radical (unpaired) electrons. The molecule has 0 saturated carbocycles. The maximum absolute atomic E-state index is 13.8. The molecule has 10 heteroatoms. The number of carbonyl (C=O) groups excluding carboxylic acids is 1. The molecule has 1 aliphatic rings. The second kappa shape index (κ2) is 9.81. The summed E-state index contributed by atoms with van der Waals surface area (Å²) in [4.78, 5) is 29.6. The fraction of sp³-hybridized carbons (Fsp3) is 0.179. The van der Waals surface area contributed by atoms with Crippen LogP contribution in [0.1, 0.15) is 29.7 Å². The van der Waals surface area contributed by atoms with Crippen molar-refractivity contribution >= 4 is 23.2 Å². The number of hydrogen-bond donors (Lipinski definition) is 2. The number of rotatable bonds is 6. The Balaban J connectivity index is 1.63. The Kier molecular flexibility index (Phi) is 6.38. The largest absolute Gasteiger partial charge is 0.495 e. The van der Waals surface area contributed by atoms with E-state index >= 15 is 0 Å². The van der Waals surface area contributed by atoms with Crippen molar-refractivity contribution in [1.82, 2.24) is 14.8 Å². The quantitative estimate of drug-likeness (QED) is 0.263. The molecule has 0 aliphatic carbocycles. The molecule has 2 N–H and O–H groups in total. The second-order valence-corrected chi connectivity index (χ2v) is 9.08. The molecule has 1 aromatic heterocycles. The van der Waals surface area contributed by atoms with Crippen molar-refractivity contribution in [2.45, 2.75) is 26.8 Å². The van der Waals surface area contributed by atoms with Gasteiger partial charge in [0.05, 0.1) is 23.3 Å².